The number of pyridine rings is 1. The van der Waals surface area contributed by atoms with Crippen LogP contribution in [0.15, 0.2) is 60.9 Å². The van der Waals surface area contributed by atoms with Crippen molar-refractivity contribution in [1.82, 2.24) is 20.5 Å². The summed E-state index contributed by atoms with van der Waals surface area (Å²) in [6, 6.07) is 14.2. The summed E-state index contributed by atoms with van der Waals surface area (Å²) in [5.74, 6) is 1.57. The van der Waals surface area contributed by atoms with Crippen LogP contribution in [0.1, 0.15) is 36.0 Å². The fraction of sp³-hybridized carbons (Fsp3) is 0.394. The van der Waals surface area contributed by atoms with Crippen LogP contribution in [0, 0.1) is 0 Å². The predicted octanol–water partition coefficient (Wildman–Crippen LogP) is 2.84. The van der Waals surface area contributed by atoms with E-state index in [1.54, 1.807) is 42.6 Å². The molecular weight excluding hydrogens is 564 g/mol. The SMILES string of the molecule is COc1cc2ccc1CNC(=O)CCc1ccc(OC)c(c1)OCC(=O)N[C@@H]1CN(C(=O)CCc3cccnc3)CC[C@@H]1O2. The molecule has 11 heteroatoms. The number of hydrogen-bond donors (Lipinski definition) is 2. The normalized spacial score (nSPS) is 19.1. The van der Waals surface area contributed by atoms with Crippen molar-refractivity contribution in [3.63, 3.8) is 0 Å². The molecule has 3 aliphatic heterocycles. The van der Waals surface area contributed by atoms with Gasteiger partial charge in [0.2, 0.25) is 11.8 Å². The second-order valence-electron chi connectivity index (χ2n) is 10.8. The standard InChI is InChI=1S/C33H38N4O7/c1-41-28-10-5-22-6-11-31(38)35-19-24-8-9-25(17-29(24)42-2)44-27-13-15-37(33(40)12-7-23-4-3-14-34-18-23)20-26(27)36-32(39)21-43-30(28)16-22/h3-5,8-10,14,16-18,26-27H,6-7,11-13,15,19-21H2,1-2H3,(H,35,38)(H,36,39)/t26-,27+/m1/s1. The topological polar surface area (TPSA) is 128 Å². The highest BCUT2D eigenvalue weighted by Gasteiger charge is 2.34. The van der Waals surface area contributed by atoms with Crippen LogP contribution in [0.25, 0.3) is 0 Å². The molecular formula is C33H38N4O7. The predicted molar refractivity (Wildman–Crippen MR) is 162 cm³/mol. The summed E-state index contributed by atoms with van der Waals surface area (Å²) >= 11 is 0. The number of methoxy groups -OCH3 is 2. The number of aromatic nitrogens is 1. The maximum Gasteiger partial charge on any atom is 0.258 e. The molecule has 11 nitrogen and oxygen atoms in total. The molecule has 0 saturated carbocycles. The van der Waals surface area contributed by atoms with E-state index in [0.29, 0.717) is 68.3 Å². The van der Waals surface area contributed by atoms with E-state index in [1.165, 1.54) is 7.11 Å². The van der Waals surface area contributed by atoms with Crippen molar-refractivity contribution in [2.75, 3.05) is 33.9 Å². The van der Waals surface area contributed by atoms with E-state index in [1.807, 2.05) is 30.3 Å². The molecule has 2 atom stereocenters. The molecule has 1 saturated heterocycles. The molecule has 0 aliphatic carbocycles. The molecule has 2 N–H and O–H groups in total. The average Bonchev–Trinajstić information content (AvgIpc) is 3.05. The van der Waals surface area contributed by atoms with Gasteiger partial charge in [0.05, 0.1) is 20.3 Å². The number of rotatable bonds is 5. The van der Waals surface area contributed by atoms with Crippen LogP contribution in [-0.4, -0.2) is 73.7 Å². The first-order valence-corrected chi connectivity index (χ1v) is 14.8. The van der Waals surface area contributed by atoms with Gasteiger partial charge in [-0.3, -0.25) is 19.4 Å². The number of nitrogens with one attached hydrogen (secondary N) is 2. The van der Waals surface area contributed by atoms with Crippen LogP contribution >= 0.6 is 0 Å². The third-order valence-corrected chi connectivity index (χ3v) is 7.85. The van der Waals surface area contributed by atoms with Crippen LogP contribution in [0.2, 0.25) is 0 Å². The zero-order valence-corrected chi connectivity index (χ0v) is 25.0. The van der Waals surface area contributed by atoms with Crippen LogP contribution < -0.4 is 29.6 Å². The minimum atomic E-state index is -0.484. The van der Waals surface area contributed by atoms with Gasteiger partial charge in [-0.1, -0.05) is 12.1 Å². The first kappa shape index (κ1) is 30.7. The minimum absolute atomic E-state index is 0.00273. The molecule has 1 aromatic heterocycles. The van der Waals surface area contributed by atoms with Gasteiger partial charge in [-0.2, -0.15) is 0 Å². The Balaban J connectivity index is 1.36. The number of amides is 3. The summed E-state index contributed by atoms with van der Waals surface area (Å²) in [5, 5.41) is 6.00. The minimum Gasteiger partial charge on any atom is -0.496 e. The Bertz CT molecular complexity index is 1470. The first-order valence-electron chi connectivity index (χ1n) is 14.8. The van der Waals surface area contributed by atoms with Gasteiger partial charge in [0.1, 0.15) is 17.6 Å². The number of likely N-dealkylation sites (tertiary alicyclic amines) is 1. The Kier molecular flexibility index (Phi) is 10.2. The summed E-state index contributed by atoms with van der Waals surface area (Å²) < 4.78 is 23.3. The molecule has 4 bridgehead atoms. The van der Waals surface area contributed by atoms with Gasteiger partial charge < -0.3 is 34.5 Å². The number of fused-ring (bicyclic) bond motifs is 9. The molecule has 2 aromatic carbocycles. The van der Waals surface area contributed by atoms with E-state index in [9.17, 15) is 14.4 Å². The number of aryl methyl sites for hydroxylation is 2. The quantitative estimate of drug-likeness (QED) is 0.457. The molecule has 6 rings (SSSR count). The van der Waals surface area contributed by atoms with Gasteiger partial charge in [-0.25, -0.2) is 0 Å². The highest BCUT2D eigenvalue weighted by atomic mass is 16.5. The van der Waals surface area contributed by atoms with Gasteiger partial charge in [0, 0.05) is 62.9 Å². The highest BCUT2D eigenvalue weighted by molar-refractivity contribution is 5.79. The van der Waals surface area contributed by atoms with Gasteiger partial charge in [-0.05, 0) is 54.3 Å². The Labute approximate surface area is 256 Å². The number of benzene rings is 2. The summed E-state index contributed by atoms with van der Waals surface area (Å²) in [6.07, 6.45) is 5.26. The van der Waals surface area contributed by atoms with Crippen LogP contribution in [0.5, 0.6) is 23.0 Å². The zero-order valence-electron chi connectivity index (χ0n) is 25.0. The van der Waals surface area contributed by atoms with Crippen molar-refractivity contribution in [3.05, 3.63) is 77.6 Å². The molecule has 0 unspecified atom stereocenters. The van der Waals surface area contributed by atoms with Crippen LogP contribution in [-0.2, 0) is 33.8 Å². The third-order valence-electron chi connectivity index (χ3n) is 7.85. The van der Waals surface area contributed by atoms with Crippen molar-refractivity contribution < 1.29 is 33.3 Å². The number of hydrogen-bond acceptors (Lipinski definition) is 8. The molecule has 3 aromatic rings. The van der Waals surface area contributed by atoms with Gasteiger partial charge in [-0.15, -0.1) is 0 Å². The molecule has 232 valence electrons. The Morgan fingerprint density at radius 2 is 1.91 bits per heavy atom. The van der Waals surface area contributed by atoms with Crippen molar-refractivity contribution in [2.45, 2.75) is 50.8 Å². The molecule has 0 spiro atoms. The Morgan fingerprint density at radius 3 is 2.70 bits per heavy atom. The number of nitrogens with zero attached hydrogens (tertiary/aromatic N) is 2. The average molecular weight is 603 g/mol. The fourth-order valence-electron chi connectivity index (χ4n) is 5.43. The second-order valence-corrected chi connectivity index (χ2v) is 10.8. The van der Waals surface area contributed by atoms with E-state index >= 15 is 0 Å². The van der Waals surface area contributed by atoms with Crippen LogP contribution in [0.4, 0.5) is 0 Å². The van der Waals surface area contributed by atoms with E-state index in [0.717, 1.165) is 16.7 Å². The van der Waals surface area contributed by atoms with E-state index < -0.39 is 12.1 Å². The number of carbonyl (C=O) groups excluding carboxylic acids is 3. The number of piperidine rings is 1. The lowest BCUT2D eigenvalue weighted by Gasteiger charge is -2.39. The number of carbonyl (C=O) groups is 3. The second kappa shape index (κ2) is 14.6. The van der Waals surface area contributed by atoms with Crippen molar-refractivity contribution in [1.29, 1.82) is 0 Å². The van der Waals surface area contributed by atoms with Crippen molar-refractivity contribution in [3.8, 4) is 23.0 Å². The molecule has 1 fully saturated rings. The van der Waals surface area contributed by atoms with Gasteiger partial charge >= 0.3 is 0 Å². The van der Waals surface area contributed by atoms with Crippen molar-refractivity contribution in [2.24, 2.45) is 0 Å². The summed E-state index contributed by atoms with van der Waals surface area (Å²) in [5.41, 5.74) is 2.68. The maximum absolute atomic E-state index is 13.2. The number of ether oxygens (including phenoxy) is 4. The van der Waals surface area contributed by atoms with E-state index in [2.05, 4.69) is 15.6 Å². The largest absolute Gasteiger partial charge is 0.496 e. The van der Waals surface area contributed by atoms with Crippen molar-refractivity contribution >= 4 is 17.7 Å². The molecule has 0 radical (unpaired) electrons. The Hall–Kier alpha value is -4.80. The first-order chi connectivity index (χ1) is 21.4. The summed E-state index contributed by atoms with van der Waals surface area (Å²) in [4.78, 5) is 44.9. The lowest BCUT2D eigenvalue weighted by Crippen LogP contribution is -2.58. The maximum atomic E-state index is 13.2. The molecule has 3 aliphatic rings. The van der Waals surface area contributed by atoms with Gasteiger partial charge in [0.15, 0.2) is 18.1 Å². The summed E-state index contributed by atoms with van der Waals surface area (Å²) in [7, 11) is 3.10. The Morgan fingerprint density at radius 1 is 1.05 bits per heavy atom. The van der Waals surface area contributed by atoms with E-state index in [-0.39, 0.29) is 30.7 Å². The monoisotopic (exact) mass is 602 g/mol. The molecule has 4 heterocycles. The fourth-order valence-corrected chi connectivity index (χ4v) is 5.43. The smallest absolute Gasteiger partial charge is 0.258 e. The zero-order chi connectivity index (χ0) is 30.9. The van der Waals surface area contributed by atoms with Crippen LogP contribution in [0.3, 0.4) is 0 Å². The molecule has 44 heavy (non-hydrogen) atoms. The van der Waals surface area contributed by atoms with Gasteiger partial charge in [0.25, 0.3) is 5.91 Å². The summed E-state index contributed by atoms with van der Waals surface area (Å²) in [6.45, 7) is 0.825. The molecule has 3 amide bonds. The lowest BCUT2D eigenvalue weighted by atomic mass is 10.0. The third kappa shape index (κ3) is 7.97. The lowest BCUT2D eigenvalue weighted by molar-refractivity contribution is -0.135. The van der Waals surface area contributed by atoms with E-state index in [4.69, 9.17) is 18.9 Å². The highest BCUT2D eigenvalue weighted by Crippen LogP contribution is 2.30.